The van der Waals surface area contributed by atoms with E-state index in [1.54, 1.807) is 11.3 Å². The maximum atomic E-state index is 5.62. The van der Waals surface area contributed by atoms with Gasteiger partial charge in [-0.15, -0.1) is 0 Å². The SMILES string of the molecule is c1ccc2sc(N3N=NC4CCCCCC43N3CCOCC3)nc2c1. The molecular weight excluding hydrogens is 334 g/mol. The van der Waals surface area contributed by atoms with Crippen molar-refractivity contribution in [3.63, 3.8) is 0 Å². The lowest BCUT2D eigenvalue weighted by Gasteiger charge is -2.48. The summed E-state index contributed by atoms with van der Waals surface area (Å²) in [4.78, 5) is 7.46. The van der Waals surface area contributed by atoms with E-state index in [1.165, 1.54) is 24.0 Å². The van der Waals surface area contributed by atoms with Crippen LogP contribution in [-0.4, -0.2) is 47.9 Å². The van der Waals surface area contributed by atoms with Gasteiger partial charge in [-0.25, -0.2) is 4.98 Å². The van der Waals surface area contributed by atoms with Crippen LogP contribution in [0.3, 0.4) is 0 Å². The average molecular weight is 357 g/mol. The van der Waals surface area contributed by atoms with E-state index in [4.69, 9.17) is 14.8 Å². The zero-order valence-corrected chi connectivity index (χ0v) is 15.1. The third-order valence-electron chi connectivity index (χ3n) is 5.73. The Bertz CT molecular complexity index is 754. The number of ether oxygens (including phenoxy) is 1. The summed E-state index contributed by atoms with van der Waals surface area (Å²) in [7, 11) is 0. The molecule has 1 saturated carbocycles. The summed E-state index contributed by atoms with van der Waals surface area (Å²) >= 11 is 1.72. The van der Waals surface area contributed by atoms with Crippen LogP contribution in [0.4, 0.5) is 5.13 Å². The van der Waals surface area contributed by atoms with Crippen LogP contribution in [0.15, 0.2) is 34.6 Å². The Kier molecular flexibility index (Phi) is 3.95. The first-order valence-corrected chi connectivity index (χ1v) is 10.1. The highest BCUT2D eigenvalue weighted by Crippen LogP contribution is 2.46. The summed E-state index contributed by atoms with van der Waals surface area (Å²) in [5.41, 5.74) is 0.889. The number of morpholine rings is 1. The van der Waals surface area contributed by atoms with E-state index >= 15 is 0 Å². The second-order valence-corrected chi connectivity index (χ2v) is 8.08. The lowest BCUT2D eigenvalue weighted by atomic mass is 9.92. The molecule has 1 saturated heterocycles. The average Bonchev–Trinajstić information content (AvgIpc) is 3.18. The minimum atomic E-state index is -0.159. The molecule has 0 amide bonds. The second-order valence-electron chi connectivity index (χ2n) is 7.07. The number of nitrogens with zero attached hydrogens (tertiary/aromatic N) is 5. The monoisotopic (exact) mass is 357 g/mol. The summed E-state index contributed by atoms with van der Waals surface area (Å²) in [5, 5.41) is 12.5. The van der Waals surface area contributed by atoms with Gasteiger partial charge in [0.05, 0.1) is 23.4 Å². The molecule has 132 valence electrons. The summed E-state index contributed by atoms with van der Waals surface area (Å²) in [6.45, 7) is 3.48. The van der Waals surface area contributed by atoms with E-state index < -0.39 is 0 Å². The summed E-state index contributed by atoms with van der Waals surface area (Å²) in [6, 6.07) is 8.57. The van der Waals surface area contributed by atoms with E-state index in [-0.39, 0.29) is 11.7 Å². The number of benzene rings is 1. The Morgan fingerprint density at radius 3 is 2.88 bits per heavy atom. The van der Waals surface area contributed by atoms with Crippen LogP contribution in [0.25, 0.3) is 10.2 Å². The normalized spacial score (nSPS) is 30.6. The fraction of sp³-hybridized carbons (Fsp3) is 0.611. The number of anilines is 1. The van der Waals surface area contributed by atoms with Crippen LogP contribution >= 0.6 is 11.3 Å². The number of hydrogen-bond acceptors (Lipinski definition) is 7. The van der Waals surface area contributed by atoms with Crippen molar-refractivity contribution in [1.29, 1.82) is 0 Å². The van der Waals surface area contributed by atoms with Gasteiger partial charge in [0, 0.05) is 13.1 Å². The Labute approximate surface area is 151 Å². The van der Waals surface area contributed by atoms with Crippen LogP contribution in [0.1, 0.15) is 32.1 Å². The summed E-state index contributed by atoms with van der Waals surface area (Å²) in [6.07, 6.45) is 5.96. The van der Waals surface area contributed by atoms with Crippen LogP contribution in [0.5, 0.6) is 0 Å². The molecule has 5 rings (SSSR count). The Hall–Kier alpha value is -1.57. The summed E-state index contributed by atoms with van der Waals surface area (Å²) in [5.74, 6) is 0. The number of rotatable bonds is 2. The van der Waals surface area contributed by atoms with Gasteiger partial charge in [0.25, 0.3) is 0 Å². The van der Waals surface area contributed by atoms with Gasteiger partial charge in [-0.2, -0.15) is 10.1 Å². The maximum Gasteiger partial charge on any atom is 0.210 e. The smallest absolute Gasteiger partial charge is 0.210 e. The van der Waals surface area contributed by atoms with Crippen molar-refractivity contribution in [2.24, 2.45) is 10.3 Å². The van der Waals surface area contributed by atoms with Crippen molar-refractivity contribution in [2.45, 2.75) is 43.8 Å². The Morgan fingerprint density at radius 2 is 2.00 bits per heavy atom. The molecule has 1 aliphatic carbocycles. The number of aromatic nitrogens is 1. The molecule has 2 aliphatic heterocycles. The van der Waals surface area contributed by atoms with Crippen molar-refractivity contribution in [3.05, 3.63) is 24.3 Å². The van der Waals surface area contributed by atoms with Gasteiger partial charge in [0.2, 0.25) is 5.13 Å². The first kappa shape index (κ1) is 15.7. The van der Waals surface area contributed by atoms with E-state index in [1.807, 2.05) is 6.07 Å². The molecule has 2 fully saturated rings. The number of fused-ring (bicyclic) bond motifs is 2. The van der Waals surface area contributed by atoms with Gasteiger partial charge in [-0.3, -0.25) is 4.90 Å². The van der Waals surface area contributed by atoms with Gasteiger partial charge < -0.3 is 4.74 Å². The fourth-order valence-electron chi connectivity index (χ4n) is 4.49. The highest BCUT2D eigenvalue weighted by molar-refractivity contribution is 7.22. The molecule has 6 nitrogen and oxygen atoms in total. The zero-order valence-electron chi connectivity index (χ0n) is 14.3. The van der Waals surface area contributed by atoms with Gasteiger partial charge in [-0.05, 0) is 31.4 Å². The van der Waals surface area contributed by atoms with E-state index in [2.05, 4.69) is 33.3 Å². The highest BCUT2D eigenvalue weighted by Gasteiger charge is 2.54. The lowest BCUT2D eigenvalue weighted by Crippen LogP contribution is -2.65. The van der Waals surface area contributed by atoms with Crippen LogP contribution in [-0.2, 0) is 4.74 Å². The number of para-hydroxylation sites is 1. The third kappa shape index (κ3) is 2.48. The van der Waals surface area contributed by atoms with Crippen molar-refractivity contribution in [2.75, 3.05) is 31.3 Å². The molecule has 1 aromatic heterocycles. The van der Waals surface area contributed by atoms with E-state index in [0.29, 0.717) is 0 Å². The van der Waals surface area contributed by atoms with Gasteiger partial charge in [0.1, 0.15) is 11.7 Å². The Balaban J connectivity index is 1.59. The largest absolute Gasteiger partial charge is 0.379 e. The molecule has 25 heavy (non-hydrogen) atoms. The van der Waals surface area contributed by atoms with E-state index in [0.717, 1.165) is 49.8 Å². The molecule has 2 unspecified atom stereocenters. The quantitative estimate of drug-likeness (QED) is 0.819. The molecule has 1 aromatic carbocycles. The number of thiazole rings is 1. The van der Waals surface area contributed by atoms with Crippen molar-refractivity contribution in [1.82, 2.24) is 9.88 Å². The minimum absolute atomic E-state index is 0.159. The predicted octanol–water partition coefficient (Wildman–Crippen LogP) is 3.84. The second kappa shape index (κ2) is 6.30. The topological polar surface area (TPSA) is 53.3 Å². The molecule has 0 radical (unpaired) electrons. The summed E-state index contributed by atoms with van der Waals surface area (Å²) < 4.78 is 6.83. The molecule has 0 spiro atoms. The van der Waals surface area contributed by atoms with Crippen LogP contribution in [0, 0.1) is 0 Å². The zero-order chi connectivity index (χ0) is 16.7. The van der Waals surface area contributed by atoms with Crippen molar-refractivity contribution < 1.29 is 4.74 Å². The third-order valence-corrected chi connectivity index (χ3v) is 6.74. The van der Waals surface area contributed by atoms with Gasteiger partial charge in [-0.1, -0.05) is 41.5 Å². The highest BCUT2D eigenvalue weighted by atomic mass is 32.1. The molecule has 3 heterocycles. The molecule has 0 bridgehead atoms. The molecule has 2 aromatic rings. The van der Waals surface area contributed by atoms with Crippen molar-refractivity contribution >= 4 is 26.7 Å². The molecule has 3 aliphatic rings. The minimum Gasteiger partial charge on any atom is -0.379 e. The molecular formula is C18H23N5OS. The van der Waals surface area contributed by atoms with Gasteiger partial charge in [0.15, 0.2) is 0 Å². The molecule has 2 atom stereocenters. The van der Waals surface area contributed by atoms with Crippen molar-refractivity contribution in [3.8, 4) is 0 Å². The Morgan fingerprint density at radius 1 is 1.12 bits per heavy atom. The van der Waals surface area contributed by atoms with E-state index in [9.17, 15) is 0 Å². The maximum absolute atomic E-state index is 5.62. The standard InChI is InChI=1S/C18H23N5OS/c1-2-8-16-18(9-5-1,22-10-12-24-13-11-22)23(21-20-16)17-19-14-6-3-4-7-15(14)25-17/h3-4,6-7,16H,1-2,5,8-13H2. The molecule has 7 heteroatoms. The lowest BCUT2D eigenvalue weighted by molar-refractivity contribution is -0.0302. The predicted molar refractivity (Wildman–Crippen MR) is 99.0 cm³/mol. The first-order valence-electron chi connectivity index (χ1n) is 9.27. The van der Waals surface area contributed by atoms with Crippen LogP contribution < -0.4 is 5.01 Å². The fourth-order valence-corrected chi connectivity index (χ4v) is 5.48. The number of hydrogen-bond donors (Lipinski definition) is 0. The van der Waals surface area contributed by atoms with Crippen LogP contribution in [0.2, 0.25) is 0 Å². The first-order chi connectivity index (χ1) is 12.4. The molecule has 0 N–H and O–H groups in total. The van der Waals surface area contributed by atoms with Gasteiger partial charge >= 0.3 is 0 Å².